The fourth-order valence-electron chi connectivity index (χ4n) is 3.42. The molecule has 0 amide bonds. The first-order valence-electron chi connectivity index (χ1n) is 9.06. The van der Waals surface area contributed by atoms with Crippen LogP contribution >= 0.6 is 12.6 Å². The van der Waals surface area contributed by atoms with Gasteiger partial charge in [-0.3, -0.25) is 0 Å². The molecule has 0 unspecified atom stereocenters. The molecule has 0 saturated heterocycles. The Balaban J connectivity index is 1.70. The number of hydrogen-bond acceptors (Lipinski definition) is 2. The molecule has 0 bridgehead atoms. The van der Waals surface area contributed by atoms with Gasteiger partial charge in [0, 0.05) is 17.9 Å². The van der Waals surface area contributed by atoms with Crippen LogP contribution < -0.4 is 9.30 Å². The Hall–Kier alpha value is -2.78. The predicted octanol–water partition coefficient (Wildman–Crippen LogP) is 5.39. The Morgan fingerprint density at radius 2 is 1.74 bits per heavy atom. The number of fused-ring (bicyclic) bond motifs is 2. The molecule has 0 spiro atoms. The van der Waals surface area contributed by atoms with E-state index in [1.54, 1.807) is 7.11 Å². The van der Waals surface area contributed by atoms with Gasteiger partial charge in [0.15, 0.2) is 12.7 Å². The van der Waals surface area contributed by atoms with Gasteiger partial charge in [-0.25, -0.2) is 0 Å². The summed E-state index contributed by atoms with van der Waals surface area (Å²) in [5.74, 6) is 1.71. The van der Waals surface area contributed by atoms with Gasteiger partial charge >= 0.3 is 0 Å². The molecule has 27 heavy (non-hydrogen) atoms. The summed E-state index contributed by atoms with van der Waals surface area (Å²) < 4.78 is 7.56. The van der Waals surface area contributed by atoms with E-state index in [1.807, 2.05) is 6.07 Å². The molecule has 4 aromatic rings. The van der Waals surface area contributed by atoms with E-state index in [1.165, 1.54) is 32.8 Å². The molecule has 0 saturated carbocycles. The molecule has 0 atom stereocenters. The monoisotopic (exact) mass is 372 g/mol. The zero-order valence-corrected chi connectivity index (χ0v) is 16.2. The van der Waals surface area contributed by atoms with E-state index in [-0.39, 0.29) is 0 Å². The second kappa shape index (κ2) is 7.85. The maximum Gasteiger partial charge on any atom is 0.213 e. The van der Waals surface area contributed by atoms with Gasteiger partial charge < -0.3 is 4.74 Å². The van der Waals surface area contributed by atoms with E-state index in [2.05, 4.69) is 96.2 Å². The summed E-state index contributed by atoms with van der Waals surface area (Å²) in [7, 11) is 1.70. The summed E-state index contributed by atoms with van der Waals surface area (Å²) in [4.78, 5) is 0. The Kier molecular flexibility index (Phi) is 5.12. The number of pyridine rings is 1. The zero-order valence-electron chi connectivity index (χ0n) is 15.3. The fourth-order valence-corrected chi connectivity index (χ4v) is 3.63. The first-order valence-corrected chi connectivity index (χ1v) is 9.70. The Morgan fingerprint density at radius 1 is 0.926 bits per heavy atom. The van der Waals surface area contributed by atoms with Crippen molar-refractivity contribution in [1.82, 2.24) is 0 Å². The van der Waals surface area contributed by atoms with Gasteiger partial charge in [-0.15, -0.1) is 0 Å². The summed E-state index contributed by atoms with van der Waals surface area (Å²) in [6, 6.07) is 23.3. The highest BCUT2D eigenvalue weighted by Crippen LogP contribution is 2.23. The first kappa shape index (κ1) is 17.6. The lowest BCUT2D eigenvalue weighted by molar-refractivity contribution is -0.666. The van der Waals surface area contributed by atoms with Gasteiger partial charge in [0.2, 0.25) is 5.52 Å². The summed E-state index contributed by atoms with van der Waals surface area (Å²) in [5.41, 5.74) is 3.64. The molecule has 1 aromatic heterocycles. The zero-order chi connectivity index (χ0) is 18.6. The van der Waals surface area contributed by atoms with Crippen LogP contribution in [-0.2, 0) is 6.54 Å². The van der Waals surface area contributed by atoms with E-state index in [9.17, 15) is 0 Å². The maximum absolute atomic E-state index is 5.30. The topological polar surface area (TPSA) is 13.1 Å². The van der Waals surface area contributed by atoms with Crippen molar-refractivity contribution >= 4 is 46.5 Å². The molecule has 134 valence electrons. The van der Waals surface area contributed by atoms with Gasteiger partial charge in [-0.05, 0) is 46.2 Å². The molecule has 3 heteroatoms. The number of aromatic nitrogens is 1. The average Bonchev–Trinajstić information content (AvgIpc) is 2.73. The van der Waals surface area contributed by atoms with Crippen LogP contribution in [0.15, 0.2) is 72.9 Å². The van der Waals surface area contributed by atoms with E-state index in [0.29, 0.717) is 0 Å². The van der Waals surface area contributed by atoms with Crippen molar-refractivity contribution in [3.8, 4) is 5.75 Å². The third kappa shape index (κ3) is 3.69. The summed E-state index contributed by atoms with van der Waals surface area (Å²) in [6.45, 7) is 0.905. The van der Waals surface area contributed by atoms with E-state index >= 15 is 0 Å². The normalized spacial score (nSPS) is 11.5. The second-order valence-corrected chi connectivity index (χ2v) is 6.96. The number of hydrogen-bond donors (Lipinski definition) is 1. The van der Waals surface area contributed by atoms with Crippen molar-refractivity contribution in [2.45, 2.75) is 6.54 Å². The Labute approximate surface area is 165 Å². The van der Waals surface area contributed by atoms with Gasteiger partial charge in [0.1, 0.15) is 5.75 Å². The van der Waals surface area contributed by atoms with E-state index < -0.39 is 0 Å². The number of ether oxygens (including phenoxy) is 1. The molecular weight excluding hydrogens is 350 g/mol. The third-order valence-corrected chi connectivity index (χ3v) is 5.03. The van der Waals surface area contributed by atoms with Crippen LogP contribution in [0.2, 0.25) is 0 Å². The molecule has 0 N–H and O–H groups in total. The minimum Gasteiger partial charge on any atom is -0.497 e. The van der Waals surface area contributed by atoms with Crippen LogP contribution in [0.1, 0.15) is 11.1 Å². The predicted molar refractivity (Wildman–Crippen MR) is 117 cm³/mol. The molecule has 0 aliphatic carbocycles. The molecule has 2 nitrogen and oxygen atoms in total. The van der Waals surface area contributed by atoms with Gasteiger partial charge in [-0.1, -0.05) is 42.5 Å². The Morgan fingerprint density at radius 3 is 2.59 bits per heavy atom. The van der Waals surface area contributed by atoms with Crippen molar-refractivity contribution in [2.24, 2.45) is 0 Å². The lowest BCUT2D eigenvalue weighted by Crippen LogP contribution is -2.35. The van der Waals surface area contributed by atoms with Crippen LogP contribution in [0.25, 0.3) is 33.8 Å². The number of aryl methyl sites for hydroxylation is 1. The number of para-hydroxylation sites is 1. The lowest BCUT2D eigenvalue weighted by atomic mass is 10.0. The van der Waals surface area contributed by atoms with Crippen LogP contribution in [0.5, 0.6) is 5.75 Å². The molecule has 0 fully saturated rings. The minimum absolute atomic E-state index is 0.825. The first-order chi connectivity index (χ1) is 13.3. The molecule has 0 aliphatic heterocycles. The van der Waals surface area contributed by atoms with Crippen molar-refractivity contribution < 1.29 is 9.30 Å². The van der Waals surface area contributed by atoms with Crippen LogP contribution in [0.3, 0.4) is 0 Å². The molecule has 3 aromatic carbocycles. The molecule has 4 rings (SSSR count). The fraction of sp³-hybridized carbons (Fsp3) is 0.125. The highest BCUT2D eigenvalue weighted by atomic mass is 32.1. The van der Waals surface area contributed by atoms with Crippen molar-refractivity contribution in [2.75, 3.05) is 12.9 Å². The summed E-state index contributed by atoms with van der Waals surface area (Å²) in [6.07, 6.45) is 6.51. The van der Waals surface area contributed by atoms with Crippen LogP contribution in [0.4, 0.5) is 0 Å². The second-order valence-electron chi connectivity index (χ2n) is 6.51. The lowest BCUT2D eigenvalue weighted by Gasteiger charge is -2.05. The third-order valence-electron chi connectivity index (χ3n) is 4.83. The smallest absolute Gasteiger partial charge is 0.213 e. The highest BCUT2D eigenvalue weighted by molar-refractivity contribution is 7.80. The quantitative estimate of drug-likeness (QED) is 0.366. The number of nitrogens with zero attached hydrogens (tertiary/aromatic N) is 1. The molecule has 0 radical (unpaired) electrons. The van der Waals surface area contributed by atoms with Gasteiger partial charge in [0.25, 0.3) is 0 Å². The van der Waals surface area contributed by atoms with Crippen molar-refractivity contribution in [3.05, 3.63) is 84.1 Å². The van der Waals surface area contributed by atoms with Crippen molar-refractivity contribution in [1.29, 1.82) is 0 Å². The van der Waals surface area contributed by atoms with Crippen molar-refractivity contribution in [3.63, 3.8) is 0 Å². The maximum atomic E-state index is 5.30. The number of methoxy groups -OCH3 is 1. The average molecular weight is 373 g/mol. The SMILES string of the molecule is COc1ccc2cc(/C=C/c3cc[n+](CCS)c4ccccc34)ccc2c1. The number of thiol groups is 1. The minimum atomic E-state index is 0.825. The molecule has 1 heterocycles. The standard InChI is InChI=1S/C24H21NOS/c1-26-22-11-10-20-16-18(7-9-21(20)17-22)6-8-19-12-13-25(14-15-27)24-5-3-2-4-23(19)24/h2-13,16-17H,14-15H2,1H3/p+1/b8-6+. The van der Waals surface area contributed by atoms with Crippen LogP contribution in [-0.4, -0.2) is 12.9 Å². The summed E-state index contributed by atoms with van der Waals surface area (Å²) >= 11 is 4.37. The Bertz CT molecular complexity index is 1130. The van der Waals surface area contributed by atoms with Crippen LogP contribution in [0, 0.1) is 0 Å². The number of rotatable bonds is 5. The highest BCUT2D eigenvalue weighted by Gasteiger charge is 2.09. The molecule has 0 aliphatic rings. The number of benzene rings is 3. The van der Waals surface area contributed by atoms with E-state index in [4.69, 9.17) is 4.74 Å². The van der Waals surface area contributed by atoms with Gasteiger partial charge in [-0.2, -0.15) is 17.2 Å². The van der Waals surface area contributed by atoms with Gasteiger partial charge in [0.05, 0.1) is 12.5 Å². The molecular formula is C24H22NOS+. The van der Waals surface area contributed by atoms with E-state index in [0.717, 1.165) is 18.0 Å². The summed E-state index contributed by atoms with van der Waals surface area (Å²) in [5, 5.41) is 3.65. The largest absolute Gasteiger partial charge is 0.497 e.